The lowest BCUT2D eigenvalue weighted by molar-refractivity contribution is 0.0710. The minimum Gasteiger partial charge on any atom is -0.388 e. The molecule has 0 unspecified atom stereocenters. The van der Waals surface area contributed by atoms with E-state index < -0.39 is 26.1 Å². The van der Waals surface area contributed by atoms with Gasteiger partial charge >= 0.3 is 0 Å². The van der Waals surface area contributed by atoms with Crippen LogP contribution in [0.15, 0.2) is 24.3 Å². The van der Waals surface area contributed by atoms with Crippen LogP contribution in [0.2, 0.25) is 0 Å². The number of nitriles is 1. The number of nitrogens with one attached hydrogen (secondary N) is 1. The van der Waals surface area contributed by atoms with Gasteiger partial charge in [0.15, 0.2) is 15.5 Å². The molecule has 37 heavy (non-hydrogen) atoms. The highest BCUT2D eigenvalue weighted by Crippen LogP contribution is 2.51. The van der Waals surface area contributed by atoms with Gasteiger partial charge in [0.1, 0.15) is 5.69 Å². The summed E-state index contributed by atoms with van der Waals surface area (Å²) in [5, 5.41) is 26.6. The molecule has 194 valence electrons. The number of aliphatic hydroxyl groups is 1. The van der Waals surface area contributed by atoms with Crippen molar-refractivity contribution in [3.05, 3.63) is 52.3 Å². The number of fused-ring (bicyclic) bond motifs is 1. The van der Waals surface area contributed by atoms with Crippen LogP contribution in [-0.2, 0) is 29.3 Å². The average Bonchev–Trinajstić information content (AvgIpc) is 3.76. The largest absolute Gasteiger partial charge is 0.388 e. The third-order valence-electron chi connectivity index (χ3n) is 8.05. The summed E-state index contributed by atoms with van der Waals surface area (Å²) < 4.78 is 26.7. The predicted octanol–water partition coefficient (Wildman–Crippen LogP) is 1.32. The molecule has 2 aromatic rings. The Morgan fingerprint density at radius 3 is 2.46 bits per heavy atom. The van der Waals surface area contributed by atoms with Crippen LogP contribution in [-0.4, -0.2) is 68.7 Å². The van der Waals surface area contributed by atoms with E-state index in [0.29, 0.717) is 62.6 Å². The first kappa shape index (κ1) is 24.1. The number of carbonyl (C=O) groups excluding carboxylic acids is 2. The van der Waals surface area contributed by atoms with E-state index in [9.17, 15) is 23.1 Å². The van der Waals surface area contributed by atoms with Gasteiger partial charge in [-0.2, -0.15) is 10.4 Å². The first-order valence-electron chi connectivity index (χ1n) is 12.8. The Morgan fingerprint density at radius 1 is 1.16 bits per heavy atom. The fourth-order valence-corrected chi connectivity index (χ4v) is 7.69. The average molecular weight is 524 g/mol. The maximum absolute atomic E-state index is 13.7. The second kappa shape index (κ2) is 8.39. The standard InChI is InChI=1S/C26H29N5O5S/c27-13-17-1-3-18(4-2-17)14-28-23(32)21-20-7-12-30(16-26(10-11-26)37(35,36)19-5-6-19)24(33)22(20)31(29-21)15-25(34)8-9-25/h1-4,19,34H,5-12,14-16H2,(H,28,32). The van der Waals surface area contributed by atoms with Gasteiger partial charge in [0.05, 0.1) is 33.8 Å². The monoisotopic (exact) mass is 523 g/mol. The molecule has 11 heteroatoms. The predicted molar refractivity (Wildman–Crippen MR) is 132 cm³/mol. The Kier molecular flexibility index (Phi) is 5.47. The van der Waals surface area contributed by atoms with E-state index in [1.807, 2.05) is 0 Å². The minimum absolute atomic E-state index is 0.114. The van der Waals surface area contributed by atoms with Gasteiger partial charge in [-0.15, -0.1) is 0 Å². The molecule has 10 nitrogen and oxygen atoms in total. The van der Waals surface area contributed by atoms with Gasteiger partial charge in [-0.25, -0.2) is 8.42 Å². The number of benzene rings is 1. The molecule has 0 bridgehead atoms. The lowest BCUT2D eigenvalue weighted by Gasteiger charge is -2.31. The van der Waals surface area contributed by atoms with E-state index in [2.05, 4.69) is 16.5 Å². The number of hydrogen-bond donors (Lipinski definition) is 2. The van der Waals surface area contributed by atoms with Crippen LogP contribution in [0, 0.1) is 11.3 Å². The Morgan fingerprint density at radius 2 is 1.86 bits per heavy atom. The van der Waals surface area contributed by atoms with Crippen molar-refractivity contribution >= 4 is 21.7 Å². The van der Waals surface area contributed by atoms with Crippen LogP contribution in [0.1, 0.15) is 76.2 Å². The number of carbonyl (C=O) groups is 2. The SMILES string of the molecule is N#Cc1ccc(CNC(=O)c2nn(CC3(O)CC3)c3c2CCN(CC2(S(=O)(=O)C4CC4)CC2)C3=O)cc1. The quantitative estimate of drug-likeness (QED) is 0.504. The normalized spacial score (nSPS) is 21.2. The number of amides is 2. The first-order valence-corrected chi connectivity index (χ1v) is 14.3. The van der Waals surface area contributed by atoms with Crippen LogP contribution in [0.3, 0.4) is 0 Å². The highest BCUT2D eigenvalue weighted by atomic mass is 32.2. The van der Waals surface area contributed by atoms with Crippen LogP contribution in [0.25, 0.3) is 0 Å². The molecule has 3 saturated carbocycles. The number of aromatic nitrogens is 2. The number of rotatable bonds is 9. The van der Waals surface area contributed by atoms with E-state index >= 15 is 0 Å². The summed E-state index contributed by atoms with van der Waals surface area (Å²) in [5.41, 5.74) is 1.38. The molecule has 1 aliphatic heterocycles. The molecule has 2 N–H and O–H groups in total. The summed E-state index contributed by atoms with van der Waals surface area (Å²) in [6.07, 6.45) is 4.14. The molecule has 3 aliphatic carbocycles. The maximum atomic E-state index is 13.7. The Balaban J connectivity index is 1.24. The van der Waals surface area contributed by atoms with Gasteiger partial charge in [-0.3, -0.25) is 14.3 Å². The van der Waals surface area contributed by atoms with Crippen molar-refractivity contribution < 1.29 is 23.1 Å². The molecule has 6 rings (SSSR count). The van der Waals surface area contributed by atoms with Crippen molar-refractivity contribution in [1.29, 1.82) is 5.26 Å². The van der Waals surface area contributed by atoms with Crippen molar-refractivity contribution in [2.45, 2.75) is 73.6 Å². The molecule has 4 aliphatic rings. The fourth-order valence-electron chi connectivity index (χ4n) is 5.22. The number of sulfone groups is 1. The molecule has 0 saturated heterocycles. The molecule has 2 amide bonds. The van der Waals surface area contributed by atoms with E-state index in [1.165, 1.54) is 4.68 Å². The van der Waals surface area contributed by atoms with E-state index in [0.717, 1.165) is 5.56 Å². The van der Waals surface area contributed by atoms with Gasteiger partial charge in [0.2, 0.25) is 0 Å². The Hall–Kier alpha value is -3.23. The van der Waals surface area contributed by atoms with E-state index in [-0.39, 0.29) is 42.2 Å². The molecule has 0 atom stereocenters. The maximum Gasteiger partial charge on any atom is 0.272 e. The lowest BCUT2D eigenvalue weighted by atomic mass is 10.0. The molecule has 3 fully saturated rings. The van der Waals surface area contributed by atoms with Crippen molar-refractivity contribution in [3.8, 4) is 6.07 Å². The Labute approximate surface area is 215 Å². The zero-order valence-corrected chi connectivity index (χ0v) is 21.3. The molecular weight excluding hydrogens is 494 g/mol. The highest BCUT2D eigenvalue weighted by molar-refractivity contribution is 7.94. The van der Waals surface area contributed by atoms with Crippen molar-refractivity contribution in [2.75, 3.05) is 13.1 Å². The summed E-state index contributed by atoms with van der Waals surface area (Å²) in [5.74, 6) is -0.750. The number of hydrogen-bond acceptors (Lipinski definition) is 7. The summed E-state index contributed by atoms with van der Waals surface area (Å²) >= 11 is 0. The van der Waals surface area contributed by atoms with Gasteiger partial charge in [-0.05, 0) is 62.6 Å². The van der Waals surface area contributed by atoms with Crippen molar-refractivity contribution in [1.82, 2.24) is 20.0 Å². The molecule has 1 aromatic heterocycles. The lowest BCUT2D eigenvalue weighted by Crippen LogP contribution is -2.47. The fraction of sp³-hybridized carbons (Fsp3) is 0.538. The number of nitrogens with zero attached hydrogens (tertiary/aromatic N) is 4. The van der Waals surface area contributed by atoms with Gasteiger partial charge in [-0.1, -0.05) is 12.1 Å². The van der Waals surface area contributed by atoms with Crippen molar-refractivity contribution in [3.63, 3.8) is 0 Å². The topological polar surface area (TPSA) is 145 Å². The van der Waals surface area contributed by atoms with E-state index in [1.54, 1.807) is 29.2 Å². The zero-order chi connectivity index (χ0) is 26.0. The first-order chi connectivity index (χ1) is 17.6. The summed E-state index contributed by atoms with van der Waals surface area (Å²) in [7, 11) is -3.27. The van der Waals surface area contributed by atoms with Gasteiger partial charge in [0, 0.05) is 25.2 Å². The third kappa shape index (κ3) is 4.32. The van der Waals surface area contributed by atoms with Crippen LogP contribution >= 0.6 is 0 Å². The van der Waals surface area contributed by atoms with E-state index in [4.69, 9.17) is 5.26 Å². The van der Waals surface area contributed by atoms with Crippen LogP contribution in [0.4, 0.5) is 0 Å². The summed E-state index contributed by atoms with van der Waals surface area (Å²) in [4.78, 5) is 28.4. The third-order valence-corrected chi connectivity index (χ3v) is 11.1. The molecular formula is C26H29N5O5S. The minimum atomic E-state index is -3.27. The van der Waals surface area contributed by atoms with Gasteiger partial charge in [0.25, 0.3) is 11.8 Å². The molecule has 0 radical (unpaired) electrons. The summed E-state index contributed by atoms with van der Waals surface area (Å²) in [6, 6.07) is 8.94. The zero-order valence-electron chi connectivity index (χ0n) is 20.4. The van der Waals surface area contributed by atoms with Crippen molar-refractivity contribution in [2.24, 2.45) is 0 Å². The highest BCUT2D eigenvalue weighted by Gasteiger charge is 2.60. The van der Waals surface area contributed by atoms with Crippen LogP contribution < -0.4 is 5.32 Å². The second-order valence-electron chi connectivity index (χ2n) is 11.0. The molecule has 2 heterocycles. The Bertz CT molecular complexity index is 1430. The van der Waals surface area contributed by atoms with Crippen LogP contribution in [0.5, 0.6) is 0 Å². The molecule has 1 aromatic carbocycles. The molecule has 0 spiro atoms. The van der Waals surface area contributed by atoms with Gasteiger partial charge < -0.3 is 15.3 Å². The summed E-state index contributed by atoms with van der Waals surface area (Å²) in [6.45, 7) is 0.834. The second-order valence-corrected chi connectivity index (χ2v) is 13.6. The smallest absolute Gasteiger partial charge is 0.272 e.